The van der Waals surface area contributed by atoms with Gasteiger partial charge in [-0.3, -0.25) is 14.9 Å². The molecule has 0 saturated heterocycles. The molecule has 0 bridgehead atoms. The van der Waals surface area contributed by atoms with Gasteiger partial charge in [-0.05, 0) is 6.07 Å². The summed E-state index contributed by atoms with van der Waals surface area (Å²) in [4.78, 5) is 22.1. The molecule has 1 aromatic rings. The molecule has 0 aromatic heterocycles. The van der Waals surface area contributed by atoms with Gasteiger partial charge in [-0.15, -0.1) is 0 Å². The fraction of sp³-hybridized carbons (Fsp3) is 0.222. The Morgan fingerprint density at radius 2 is 1.94 bits per heavy atom. The average molecular weight is 273 g/mol. The van der Waals surface area contributed by atoms with Crippen LogP contribution in [0.4, 0.5) is 5.69 Å². The molecule has 2 N–H and O–H groups in total. The minimum absolute atomic E-state index is 0.201. The maximum atomic E-state index is 11.7. The molecule has 1 rings (SSSR count). The lowest BCUT2D eigenvalue weighted by atomic mass is 10.2. The lowest BCUT2D eigenvalue weighted by molar-refractivity contribution is -0.385. The standard InChI is InChI=1S/C9H11N3O5S/c1-11(2)9(13)7-4-3-6(12(14)15)5-8(7)18(10,16)17/h3-5H,1-2H3,(H2,10,16,17). The molecule has 0 atom stereocenters. The van der Waals surface area contributed by atoms with Crippen molar-refractivity contribution in [3.05, 3.63) is 33.9 Å². The number of benzene rings is 1. The first-order valence-electron chi connectivity index (χ1n) is 4.67. The number of hydrogen-bond acceptors (Lipinski definition) is 5. The number of nitro benzene ring substituents is 1. The highest BCUT2D eigenvalue weighted by atomic mass is 32.2. The highest BCUT2D eigenvalue weighted by Gasteiger charge is 2.23. The molecule has 9 heteroatoms. The Morgan fingerprint density at radius 3 is 2.33 bits per heavy atom. The SMILES string of the molecule is CN(C)C(=O)c1ccc([N+](=O)[O-])cc1S(N)(=O)=O. The molecular weight excluding hydrogens is 262 g/mol. The molecule has 0 aliphatic rings. The summed E-state index contributed by atoms with van der Waals surface area (Å²) in [6.45, 7) is 0. The van der Waals surface area contributed by atoms with Crippen LogP contribution in [0.15, 0.2) is 23.1 Å². The van der Waals surface area contributed by atoms with E-state index in [4.69, 9.17) is 5.14 Å². The second kappa shape index (κ2) is 4.70. The average Bonchev–Trinajstić information content (AvgIpc) is 2.25. The monoisotopic (exact) mass is 273 g/mol. The molecule has 1 amide bonds. The van der Waals surface area contributed by atoms with Crippen LogP contribution in [0.25, 0.3) is 0 Å². The zero-order valence-corrected chi connectivity index (χ0v) is 10.5. The summed E-state index contributed by atoms with van der Waals surface area (Å²) >= 11 is 0. The number of primary sulfonamides is 1. The van der Waals surface area contributed by atoms with Crippen LogP contribution in [0.5, 0.6) is 0 Å². The van der Waals surface area contributed by atoms with Gasteiger partial charge < -0.3 is 4.90 Å². The van der Waals surface area contributed by atoms with Crippen LogP contribution in [0, 0.1) is 10.1 Å². The molecule has 0 aliphatic heterocycles. The van der Waals surface area contributed by atoms with E-state index in [9.17, 15) is 23.3 Å². The fourth-order valence-electron chi connectivity index (χ4n) is 1.28. The second-order valence-electron chi connectivity index (χ2n) is 3.68. The molecule has 0 radical (unpaired) electrons. The third-order valence-corrected chi connectivity index (χ3v) is 3.07. The van der Waals surface area contributed by atoms with Gasteiger partial charge in [0, 0.05) is 26.2 Å². The van der Waals surface area contributed by atoms with E-state index in [-0.39, 0.29) is 5.56 Å². The van der Waals surface area contributed by atoms with Crippen molar-refractivity contribution in [2.45, 2.75) is 4.90 Å². The van der Waals surface area contributed by atoms with Crippen LogP contribution in [-0.4, -0.2) is 38.2 Å². The van der Waals surface area contributed by atoms with Crippen molar-refractivity contribution in [3.8, 4) is 0 Å². The van der Waals surface area contributed by atoms with Gasteiger partial charge in [0.05, 0.1) is 10.5 Å². The summed E-state index contributed by atoms with van der Waals surface area (Å²) in [5.74, 6) is -0.603. The van der Waals surface area contributed by atoms with Gasteiger partial charge in [0.15, 0.2) is 0 Å². The predicted molar refractivity (Wildman–Crippen MR) is 62.5 cm³/mol. The van der Waals surface area contributed by atoms with Crippen molar-refractivity contribution >= 4 is 21.6 Å². The van der Waals surface area contributed by atoms with Gasteiger partial charge in [0.2, 0.25) is 10.0 Å². The molecule has 1 aromatic carbocycles. The molecule has 0 unspecified atom stereocenters. The Labute approximate surface area is 103 Å². The van der Waals surface area contributed by atoms with Crippen LogP contribution < -0.4 is 5.14 Å². The Hall–Kier alpha value is -2.00. The van der Waals surface area contributed by atoms with E-state index in [0.29, 0.717) is 0 Å². The highest BCUT2D eigenvalue weighted by Crippen LogP contribution is 2.22. The fourth-order valence-corrected chi connectivity index (χ4v) is 2.02. The Balaban J connectivity index is 3.54. The normalized spacial score (nSPS) is 11.1. The van der Waals surface area contributed by atoms with Gasteiger partial charge in [0.25, 0.3) is 11.6 Å². The van der Waals surface area contributed by atoms with Crippen molar-refractivity contribution < 1.29 is 18.1 Å². The lowest BCUT2D eigenvalue weighted by Crippen LogP contribution is -2.25. The maximum absolute atomic E-state index is 11.7. The molecule has 18 heavy (non-hydrogen) atoms. The summed E-state index contributed by atoms with van der Waals surface area (Å²) in [6.07, 6.45) is 0. The number of carbonyl (C=O) groups excluding carboxylic acids is 1. The van der Waals surface area contributed by atoms with Gasteiger partial charge >= 0.3 is 0 Å². The summed E-state index contributed by atoms with van der Waals surface area (Å²) in [5, 5.41) is 15.5. The van der Waals surface area contributed by atoms with Crippen molar-refractivity contribution in [2.24, 2.45) is 5.14 Å². The minimum atomic E-state index is -4.22. The predicted octanol–water partition coefficient (Wildman–Crippen LogP) is -0.0560. The second-order valence-corrected chi connectivity index (χ2v) is 5.21. The summed E-state index contributed by atoms with van der Waals surface area (Å²) < 4.78 is 22.7. The van der Waals surface area contributed by atoms with Gasteiger partial charge in [0.1, 0.15) is 4.90 Å². The van der Waals surface area contributed by atoms with E-state index in [1.807, 2.05) is 0 Å². The van der Waals surface area contributed by atoms with Crippen LogP contribution in [-0.2, 0) is 10.0 Å². The Morgan fingerprint density at radius 1 is 1.39 bits per heavy atom. The molecule has 0 heterocycles. The molecule has 0 spiro atoms. The lowest BCUT2D eigenvalue weighted by Gasteiger charge is -2.12. The zero-order chi connectivity index (χ0) is 14.1. The van der Waals surface area contributed by atoms with Crippen molar-refractivity contribution in [1.29, 1.82) is 0 Å². The summed E-state index contributed by atoms with van der Waals surface area (Å²) in [7, 11) is -1.37. The number of non-ortho nitro benzene ring substituents is 1. The third kappa shape index (κ3) is 2.81. The smallest absolute Gasteiger partial charge is 0.270 e. The number of amides is 1. The number of hydrogen-bond donors (Lipinski definition) is 1. The van der Waals surface area contributed by atoms with Crippen LogP contribution in [0.1, 0.15) is 10.4 Å². The zero-order valence-electron chi connectivity index (χ0n) is 9.65. The van der Waals surface area contributed by atoms with E-state index >= 15 is 0 Å². The van der Waals surface area contributed by atoms with Crippen LogP contribution in [0.3, 0.4) is 0 Å². The first-order valence-corrected chi connectivity index (χ1v) is 6.22. The largest absolute Gasteiger partial charge is 0.345 e. The first kappa shape index (κ1) is 14.1. The number of nitrogens with zero attached hydrogens (tertiary/aromatic N) is 2. The summed E-state index contributed by atoms with van der Waals surface area (Å²) in [6, 6.07) is 2.89. The molecule has 0 fully saturated rings. The van der Waals surface area contributed by atoms with E-state index < -0.39 is 31.4 Å². The van der Waals surface area contributed by atoms with E-state index in [2.05, 4.69) is 0 Å². The molecule has 98 valence electrons. The maximum Gasteiger partial charge on any atom is 0.270 e. The van der Waals surface area contributed by atoms with E-state index in [1.165, 1.54) is 14.1 Å². The summed E-state index contributed by atoms with van der Waals surface area (Å²) in [5.41, 5.74) is -0.651. The topological polar surface area (TPSA) is 124 Å². The first-order chi connectivity index (χ1) is 8.14. The minimum Gasteiger partial charge on any atom is -0.345 e. The van der Waals surface area contributed by atoms with Crippen molar-refractivity contribution in [2.75, 3.05) is 14.1 Å². The molecule has 0 aliphatic carbocycles. The van der Waals surface area contributed by atoms with Crippen molar-refractivity contribution in [1.82, 2.24) is 4.90 Å². The Bertz CT molecular complexity index is 609. The molecule has 0 saturated carbocycles. The number of carbonyl (C=O) groups is 1. The van der Waals surface area contributed by atoms with Gasteiger partial charge in [-0.2, -0.15) is 0 Å². The highest BCUT2D eigenvalue weighted by molar-refractivity contribution is 7.89. The molecule has 8 nitrogen and oxygen atoms in total. The number of nitro groups is 1. The van der Waals surface area contributed by atoms with Crippen molar-refractivity contribution in [3.63, 3.8) is 0 Å². The Kier molecular flexibility index (Phi) is 3.67. The molecular formula is C9H11N3O5S. The van der Waals surface area contributed by atoms with Crippen LogP contribution in [0.2, 0.25) is 0 Å². The van der Waals surface area contributed by atoms with E-state index in [1.54, 1.807) is 0 Å². The third-order valence-electron chi connectivity index (χ3n) is 2.12. The quantitative estimate of drug-likeness (QED) is 0.610. The van der Waals surface area contributed by atoms with Gasteiger partial charge in [-0.25, -0.2) is 13.6 Å². The van der Waals surface area contributed by atoms with E-state index in [0.717, 1.165) is 23.1 Å². The van der Waals surface area contributed by atoms with Crippen LogP contribution >= 0.6 is 0 Å². The number of nitrogens with two attached hydrogens (primary N) is 1. The number of rotatable bonds is 3. The van der Waals surface area contributed by atoms with Gasteiger partial charge in [-0.1, -0.05) is 0 Å². The number of sulfonamides is 1.